The van der Waals surface area contributed by atoms with E-state index in [0.717, 1.165) is 63.4 Å². The third kappa shape index (κ3) is 4.51. The number of pyridine rings is 1. The van der Waals surface area contributed by atoms with E-state index in [2.05, 4.69) is 27.3 Å². The second-order valence-corrected chi connectivity index (χ2v) is 7.44. The van der Waals surface area contributed by atoms with Crippen LogP contribution in [0, 0.1) is 0 Å². The molecule has 3 heterocycles. The highest BCUT2D eigenvalue weighted by Gasteiger charge is 2.29. The number of hydrogen-bond donors (Lipinski definition) is 1. The molecule has 2 saturated heterocycles. The molecule has 6 nitrogen and oxygen atoms in total. The highest BCUT2D eigenvalue weighted by molar-refractivity contribution is 5.75. The Labute approximate surface area is 166 Å². The van der Waals surface area contributed by atoms with Gasteiger partial charge in [0, 0.05) is 44.6 Å². The highest BCUT2D eigenvalue weighted by Crippen LogP contribution is 2.23. The summed E-state index contributed by atoms with van der Waals surface area (Å²) in [6.07, 6.45) is 5.59. The maximum absolute atomic E-state index is 13.0. The highest BCUT2D eigenvalue weighted by atomic mass is 16.5. The summed E-state index contributed by atoms with van der Waals surface area (Å²) in [7, 11) is 0. The van der Waals surface area contributed by atoms with Crippen molar-refractivity contribution in [1.82, 2.24) is 20.1 Å². The molecule has 0 bridgehead atoms. The van der Waals surface area contributed by atoms with Gasteiger partial charge in [-0.15, -0.1) is 0 Å². The van der Waals surface area contributed by atoms with Gasteiger partial charge in [-0.25, -0.2) is 4.79 Å². The number of nitrogens with zero attached hydrogens (tertiary/aromatic N) is 3. The lowest BCUT2D eigenvalue weighted by molar-refractivity contribution is 0.00376. The number of carbonyl (C=O) groups is 1. The Morgan fingerprint density at radius 1 is 0.964 bits per heavy atom. The Morgan fingerprint density at radius 2 is 1.61 bits per heavy atom. The Morgan fingerprint density at radius 3 is 2.29 bits per heavy atom. The number of carbonyl (C=O) groups excluding carboxylic acids is 1. The van der Waals surface area contributed by atoms with Gasteiger partial charge in [-0.05, 0) is 36.1 Å². The van der Waals surface area contributed by atoms with E-state index in [4.69, 9.17) is 4.74 Å². The van der Waals surface area contributed by atoms with Crippen molar-refractivity contribution in [3.8, 4) is 0 Å². The first-order valence-corrected chi connectivity index (χ1v) is 10.1. The molecule has 6 heteroatoms. The lowest BCUT2D eigenvalue weighted by Gasteiger charge is -2.40. The number of hydrogen-bond acceptors (Lipinski definition) is 4. The van der Waals surface area contributed by atoms with Gasteiger partial charge < -0.3 is 15.0 Å². The summed E-state index contributed by atoms with van der Waals surface area (Å²) in [5.41, 5.74) is 2.11. The van der Waals surface area contributed by atoms with Crippen molar-refractivity contribution in [2.45, 2.75) is 24.9 Å². The van der Waals surface area contributed by atoms with Crippen molar-refractivity contribution in [1.29, 1.82) is 0 Å². The number of benzene rings is 1. The second kappa shape index (κ2) is 9.17. The lowest BCUT2D eigenvalue weighted by Crippen LogP contribution is -2.52. The van der Waals surface area contributed by atoms with Gasteiger partial charge in [0.15, 0.2) is 0 Å². The minimum absolute atomic E-state index is 0.00564. The smallest absolute Gasteiger partial charge is 0.318 e. The van der Waals surface area contributed by atoms with Crippen molar-refractivity contribution in [2.24, 2.45) is 0 Å². The number of rotatable bonds is 4. The Hall–Kier alpha value is -2.44. The molecule has 0 aliphatic carbocycles. The van der Waals surface area contributed by atoms with E-state index in [9.17, 15) is 4.79 Å². The van der Waals surface area contributed by atoms with Gasteiger partial charge in [0.25, 0.3) is 0 Å². The molecule has 2 aromatic rings. The molecule has 4 rings (SSSR count). The summed E-state index contributed by atoms with van der Waals surface area (Å²) < 4.78 is 5.46. The van der Waals surface area contributed by atoms with Crippen LogP contribution in [0.25, 0.3) is 0 Å². The standard InChI is InChI=1S/C22H28N4O2/c27-22(26-12-8-20(9-13-26)25-14-16-28-17-15-25)24-21(18-4-2-1-3-5-18)19-6-10-23-11-7-19/h1-7,10-11,20-21H,8-9,12-17H2,(H,24,27)/t21-/m1/s1. The molecule has 1 aromatic heterocycles. The third-order valence-electron chi connectivity index (χ3n) is 5.75. The van der Waals surface area contributed by atoms with E-state index in [-0.39, 0.29) is 12.1 Å². The third-order valence-corrected chi connectivity index (χ3v) is 5.75. The number of nitrogens with one attached hydrogen (secondary N) is 1. The first-order chi connectivity index (χ1) is 13.8. The van der Waals surface area contributed by atoms with Crippen molar-refractivity contribution >= 4 is 6.03 Å². The van der Waals surface area contributed by atoms with E-state index in [1.165, 1.54) is 0 Å². The summed E-state index contributed by atoms with van der Waals surface area (Å²) in [6.45, 7) is 5.26. The summed E-state index contributed by atoms with van der Waals surface area (Å²) in [5.74, 6) is 0. The molecule has 0 spiro atoms. The molecular weight excluding hydrogens is 352 g/mol. The van der Waals surface area contributed by atoms with Crippen LogP contribution in [0.1, 0.15) is 30.0 Å². The fourth-order valence-electron chi connectivity index (χ4n) is 4.15. The minimum atomic E-state index is -0.173. The van der Waals surface area contributed by atoms with E-state index in [0.29, 0.717) is 6.04 Å². The van der Waals surface area contributed by atoms with E-state index < -0.39 is 0 Å². The van der Waals surface area contributed by atoms with Crippen LogP contribution in [0.4, 0.5) is 4.79 Å². The molecular formula is C22H28N4O2. The van der Waals surface area contributed by atoms with Crippen LogP contribution in [0.15, 0.2) is 54.9 Å². The average molecular weight is 380 g/mol. The minimum Gasteiger partial charge on any atom is -0.379 e. The molecule has 2 aliphatic rings. The van der Waals surface area contributed by atoms with Gasteiger partial charge in [0.1, 0.15) is 0 Å². The molecule has 1 aromatic carbocycles. The molecule has 1 atom stereocenters. The van der Waals surface area contributed by atoms with Crippen molar-refractivity contribution < 1.29 is 9.53 Å². The molecule has 2 amide bonds. The van der Waals surface area contributed by atoms with Crippen LogP contribution in [0.2, 0.25) is 0 Å². The molecule has 148 valence electrons. The maximum atomic E-state index is 13.0. The number of aromatic nitrogens is 1. The molecule has 1 N–H and O–H groups in total. The Balaban J connectivity index is 1.40. The van der Waals surface area contributed by atoms with Crippen LogP contribution >= 0.6 is 0 Å². The summed E-state index contributed by atoms with van der Waals surface area (Å²) in [6, 6.07) is 14.4. The van der Waals surface area contributed by atoms with E-state index in [1.54, 1.807) is 12.4 Å². The number of likely N-dealkylation sites (tertiary alicyclic amines) is 1. The van der Waals surface area contributed by atoms with Gasteiger partial charge in [-0.1, -0.05) is 30.3 Å². The van der Waals surface area contributed by atoms with Crippen LogP contribution in [0.5, 0.6) is 0 Å². The SMILES string of the molecule is O=C(N[C@H](c1ccccc1)c1ccncc1)N1CCC(N2CCOCC2)CC1. The number of morpholine rings is 1. The van der Waals surface area contributed by atoms with Gasteiger partial charge in [-0.3, -0.25) is 9.88 Å². The van der Waals surface area contributed by atoms with Gasteiger partial charge in [0.05, 0.1) is 19.3 Å². The van der Waals surface area contributed by atoms with Gasteiger partial charge >= 0.3 is 6.03 Å². The molecule has 0 unspecified atom stereocenters. The predicted molar refractivity (Wildman–Crippen MR) is 108 cm³/mol. The first kappa shape index (κ1) is 18.9. The average Bonchev–Trinajstić information content (AvgIpc) is 2.79. The molecule has 0 radical (unpaired) electrons. The van der Waals surface area contributed by atoms with Crippen molar-refractivity contribution in [2.75, 3.05) is 39.4 Å². The van der Waals surface area contributed by atoms with Gasteiger partial charge in [0.2, 0.25) is 0 Å². The van der Waals surface area contributed by atoms with Crippen LogP contribution < -0.4 is 5.32 Å². The topological polar surface area (TPSA) is 57.7 Å². The zero-order valence-electron chi connectivity index (χ0n) is 16.2. The van der Waals surface area contributed by atoms with Crippen LogP contribution in [-0.4, -0.2) is 66.2 Å². The summed E-state index contributed by atoms with van der Waals surface area (Å²) in [4.78, 5) is 21.6. The van der Waals surface area contributed by atoms with Crippen molar-refractivity contribution in [3.63, 3.8) is 0 Å². The van der Waals surface area contributed by atoms with Crippen LogP contribution in [0.3, 0.4) is 0 Å². The normalized spacial score (nSPS) is 19.9. The Bertz CT molecular complexity index is 702. The molecule has 2 fully saturated rings. The number of urea groups is 1. The zero-order valence-corrected chi connectivity index (χ0v) is 16.2. The summed E-state index contributed by atoms with van der Waals surface area (Å²) in [5, 5.41) is 3.24. The molecule has 28 heavy (non-hydrogen) atoms. The van der Waals surface area contributed by atoms with Crippen molar-refractivity contribution in [3.05, 3.63) is 66.0 Å². The predicted octanol–water partition coefficient (Wildman–Crippen LogP) is 2.68. The number of piperidine rings is 1. The van der Waals surface area contributed by atoms with Gasteiger partial charge in [-0.2, -0.15) is 0 Å². The quantitative estimate of drug-likeness (QED) is 0.886. The second-order valence-electron chi connectivity index (χ2n) is 7.44. The van der Waals surface area contributed by atoms with E-state index in [1.807, 2.05) is 35.2 Å². The number of ether oxygens (including phenoxy) is 1. The lowest BCUT2D eigenvalue weighted by atomic mass is 9.99. The number of amides is 2. The summed E-state index contributed by atoms with van der Waals surface area (Å²) >= 11 is 0. The van der Waals surface area contributed by atoms with Crippen LogP contribution in [-0.2, 0) is 4.74 Å². The Kier molecular flexibility index (Phi) is 6.19. The fraction of sp³-hybridized carbons (Fsp3) is 0.455. The fourth-order valence-corrected chi connectivity index (χ4v) is 4.15. The molecule has 2 aliphatic heterocycles. The first-order valence-electron chi connectivity index (χ1n) is 10.1. The molecule has 0 saturated carbocycles. The monoisotopic (exact) mass is 380 g/mol. The largest absolute Gasteiger partial charge is 0.379 e. The maximum Gasteiger partial charge on any atom is 0.318 e. The van der Waals surface area contributed by atoms with E-state index >= 15 is 0 Å². The zero-order chi connectivity index (χ0) is 19.2.